The van der Waals surface area contributed by atoms with Gasteiger partial charge in [0.1, 0.15) is 5.82 Å². The second kappa shape index (κ2) is 10.7. The van der Waals surface area contributed by atoms with Crippen molar-refractivity contribution in [3.63, 3.8) is 0 Å². The van der Waals surface area contributed by atoms with E-state index in [-0.39, 0.29) is 41.8 Å². The van der Waals surface area contributed by atoms with E-state index in [1.165, 1.54) is 0 Å². The van der Waals surface area contributed by atoms with Crippen LogP contribution in [0.4, 0.5) is 4.79 Å². The molecular formula is C24H39ClN4O3. The number of likely N-dealkylation sites (N-methyl/N-ethyl adjacent to an activating group) is 1. The van der Waals surface area contributed by atoms with Crippen molar-refractivity contribution >= 4 is 17.7 Å². The van der Waals surface area contributed by atoms with E-state index in [0.29, 0.717) is 17.5 Å². The highest BCUT2D eigenvalue weighted by Gasteiger charge is 2.60. The van der Waals surface area contributed by atoms with Gasteiger partial charge in [-0.05, 0) is 65.8 Å². The summed E-state index contributed by atoms with van der Waals surface area (Å²) in [5.41, 5.74) is 0.118. The molecule has 0 aromatic carbocycles. The summed E-state index contributed by atoms with van der Waals surface area (Å²) in [7, 11) is 1.95. The third kappa shape index (κ3) is 5.20. The molecule has 8 heteroatoms. The maximum atomic E-state index is 12.7. The monoisotopic (exact) mass is 466 g/mol. The van der Waals surface area contributed by atoms with Gasteiger partial charge in [-0.1, -0.05) is 25.4 Å². The van der Waals surface area contributed by atoms with Crippen LogP contribution in [0.15, 0.2) is 12.4 Å². The highest BCUT2D eigenvalue weighted by Crippen LogP contribution is 2.61. The van der Waals surface area contributed by atoms with Crippen LogP contribution in [0.25, 0.3) is 0 Å². The Labute approximate surface area is 197 Å². The molecule has 1 saturated heterocycles. The van der Waals surface area contributed by atoms with E-state index in [0.717, 1.165) is 37.9 Å². The molecule has 0 spiro atoms. The van der Waals surface area contributed by atoms with Crippen molar-refractivity contribution in [1.82, 2.24) is 20.2 Å². The zero-order chi connectivity index (χ0) is 23.5. The molecule has 1 aromatic heterocycles. The molecule has 32 heavy (non-hydrogen) atoms. The summed E-state index contributed by atoms with van der Waals surface area (Å²) in [5.74, 6) is 1.50. The average Bonchev–Trinajstić information content (AvgIpc) is 3.42. The first kappa shape index (κ1) is 25.2. The fourth-order valence-electron chi connectivity index (χ4n) is 5.43. The minimum Gasteiger partial charge on any atom is -0.447 e. The highest BCUT2D eigenvalue weighted by atomic mass is 35.5. The zero-order valence-electron chi connectivity index (χ0n) is 20.3. The van der Waals surface area contributed by atoms with Crippen molar-refractivity contribution in [2.45, 2.75) is 102 Å². The molecule has 1 aliphatic heterocycles. The van der Waals surface area contributed by atoms with Crippen molar-refractivity contribution in [3.8, 4) is 0 Å². The van der Waals surface area contributed by atoms with E-state index in [2.05, 4.69) is 22.2 Å². The molecule has 2 heterocycles. The third-order valence-corrected chi connectivity index (χ3v) is 7.27. The molecule has 2 saturated carbocycles. The predicted molar refractivity (Wildman–Crippen MR) is 126 cm³/mol. The number of carbonyl (C=O) groups is 1. The maximum Gasteiger partial charge on any atom is 0.410 e. The van der Waals surface area contributed by atoms with Crippen molar-refractivity contribution in [2.24, 2.45) is 5.92 Å². The minimum absolute atomic E-state index is 0.0123. The first-order valence-corrected chi connectivity index (χ1v) is 12.5. The lowest BCUT2D eigenvalue weighted by atomic mass is 9.86. The molecule has 6 unspecified atom stereocenters. The Morgan fingerprint density at radius 2 is 2.00 bits per heavy atom. The van der Waals surface area contributed by atoms with Gasteiger partial charge in [0, 0.05) is 29.9 Å². The molecule has 1 N–H and O–H groups in total. The number of nitrogens with zero attached hydrogens (tertiary/aromatic N) is 3. The van der Waals surface area contributed by atoms with Crippen LogP contribution in [0.1, 0.15) is 72.5 Å². The van der Waals surface area contributed by atoms with Crippen LogP contribution in [0.3, 0.4) is 0 Å². The van der Waals surface area contributed by atoms with Gasteiger partial charge in [0.15, 0.2) is 0 Å². The van der Waals surface area contributed by atoms with Crippen molar-refractivity contribution in [3.05, 3.63) is 23.2 Å². The van der Waals surface area contributed by atoms with Crippen molar-refractivity contribution in [2.75, 3.05) is 13.7 Å². The van der Waals surface area contributed by atoms with E-state index >= 15 is 0 Å². The van der Waals surface area contributed by atoms with E-state index in [4.69, 9.17) is 21.1 Å². The summed E-state index contributed by atoms with van der Waals surface area (Å²) in [5, 5.41) is 3.94. The predicted octanol–water partition coefficient (Wildman–Crippen LogP) is 4.58. The number of ether oxygens (including phenoxy) is 2. The van der Waals surface area contributed by atoms with Crippen molar-refractivity contribution < 1.29 is 14.3 Å². The molecule has 7 nitrogen and oxygen atoms in total. The Morgan fingerprint density at radius 1 is 1.31 bits per heavy atom. The van der Waals surface area contributed by atoms with Gasteiger partial charge in [-0.2, -0.15) is 0 Å². The maximum absolute atomic E-state index is 12.7. The fraction of sp³-hybridized carbons (Fsp3) is 0.792. The summed E-state index contributed by atoms with van der Waals surface area (Å²) < 4.78 is 11.9. The van der Waals surface area contributed by atoms with Gasteiger partial charge >= 0.3 is 6.09 Å². The second-order valence-corrected chi connectivity index (χ2v) is 9.84. The lowest BCUT2D eigenvalue weighted by Gasteiger charge is -2.33. The SMILES string of the molecule is CC.CNC1CC(C)N(C(=O)OC(C)C)C1COC1CCC2(c3ncc(Cl)cn3)CC2C1. The zero-order valence-corrected chi connectivity index (χ0v) is 21.1. The van der Waals surface area contributed by atoms with Crippen LogP contribution in [0.5, 0.6) is 0 Å². The van der Waals surface area contributed by atoms with E-state index in [1.54, 1.807) is 12.4 Å². The van der Waals surface area contributed by atoms with Gasteiger partial charge in [0.25, 0.3) is 0 Å². The Hall–Kier alpha value is -1.44. The van der Waals surface area contributed by atoms with Crippen LogP contribution in [-0.4, -0.2) is 64.9 Å². The molecular weight excluding hydrogens is 428 g/mol. The number of fused-ring (bicyclic) bond motifs is 1. The first-order chi connectivity index (χ1) is 15.3. The fourth-order valence-corrected chi connectivity index (χ4v) is 5.53. The standard InChI is InChI=1S/C22H33ClN4O3.C2H6/c1-13(2)30-21(28)27-14(3)7-18(24-4)19(27)12-29-17-5-6-22(9-15(22)8-17)20-25-10-16(23)11-26-20;1-2/h10-11,13-15,17-19,24H,5-9,12H2,1-4H3;1-2H3. The van der Waals surface area contributed by atoms with Gasteiger partial charge in [0.05, 0.1) is 29.9 Å². The molecule has 0 bridgehead atoms. The molecule has 0 radical (unpaired) electrons. The molecule has 1 amide bonds. The number of hydrogen-bond acceptors (Lipinski definition) is 6. The smallest absolute Gasteiger partial charge is 0.410 e. The lowest BCUT2D eigenvalue weighted by Crippen LogP contribution is -2.49. The van der Waals surface area contributed by atoms with E-state index in [1.807, 2.05) is 39.6 Å². The van der Waals surface area contributed by atoms with Gasteiger partial charge < -0.3 is 14.8 Å². The largest absolute Gasteiger partial charge is 0.447 e. The molecule has 180 valence electrons. The summed E-state index contributed by atoms with van der Waals surface area (Å²) in [6.45, 7) is 10.4. The second-order valence-electron chi connectivity index (χ2n) is 9.40. The van der Waals surface area contributed by atoms with Crippen LogP contribution in [-0.2, 0) is 14.9 Å². The molecule has 2 aliphatic carbocycles. The number of halogens is 1. The number of rotatable bonds is 6. The van der Waals surface area contributed by atoms with E-state index < -0.39 is 0 Å². The third-order valence-electron chi connectivity index (χ3n) is 7.07. The Morgan fingerprint density at radius 3 is 2.59 bits per heavy atom. The van der Waals surface area contributed by atoms with E-state index in [9.17, 15) is 4.79 Å². The van der Waals surface area contributed by atoms with Gasteiger partial charge in [-0.25, -0.2) is 14.8 Å². The van der Waals surface area contributed by atoms with Crippen LogP contribution >= 0.6 is 11.6 Å². The number of likely N-dealkylation sites (tertiary alicyclic amines) is 1. The average molecular weight is 467 g/mol. The van der Waals surface area contributed by atoms with Gasteiger partial charge in [-0.15, -0.1) is 0 Å². The van der Waals surface area contributed by atoms with Gasteiger partial charge in [-0.3, -0.25) is 4.90 Å². The highest BCUT2D eigenvalue weighted by molar-refractivity contribution is 6.30. The molecule has 4 rings (SSSR count). The molecule has 3 fully saturated rings. The number of hydrogen-bond donors (Lipinski definition) is 1. The topological polar surface area (TPSA) is 76.6 Å². The quantitative estimate of drug-likeness (QED) is 0.661. The normalized spacial score (nSPS) is 33.4. The summed E-state index contributed by atoms with van der Waals surface area (Å²) in [6, 6.07) is 0.333. The summed E-state index contributed by atoms with van der Waals surface area (Å²) in [6.07, 6.45) is 8.32. The number of aromatic nitrogens is 2. The number of amides is 1. The van der Waals surface area contributed by atoms with Crippen LogP contribution in [0.2, 0.25) is 5.02 Å². The number of carbonyl (C=O) groups excluding carboxylic acids is 1. The van der Waals surface area contributed by atoms with Gasteiger partial charge in [0.2, 0.25) is 0 Å². The van der Waals surface area contributed by atoms with Crippen LogP contribution in [0, 0.1) is 5.92 Å². The van der Waals surface area contributed by atoms with Crippen LogP contribution < -0.4 is 5.32 Å². The summed E-state index contributed by atoms with van der Waals surface area (Å²) in [4.78, 5) is 23.5. The molecule has 1 aromatic rings. The Balaban J connectivity index is 0.00000141. The Bertz CT molecular complexity index is 762. The summed E-state index contributed by atoms with van der Waals surface area (Å²) >= 11 is 5.94. The number of nitrogens with one attached hydrogen (secondary N) is 1. The van der Waals surface area contributed by atoms with Crippen molar-refractivity contribution in [1.29, 1.82) is 0 Å². The Kier molecular flexibility index (Phi) is 8.39. The first-order valence-electron chi connectivity index (χ1n) is 12.1. The minimum atomic E-state index is -0.242. The molecule has 6 atom stereocenters. The lowest BCUT2D eigenvalue weighted by molar-refractivity contribution is -0.0153. The molecule has 3 aliphatic rings.